The molecule has 0 bridgehead atoms. The molecule has 0 amide bonds. The van der Waals surface area contributed by atoms with Crippen molar-refractivity contribution >= 4 is 34.7 Å². The summed E-state index contributed by atoms with van der Waals surface area (Å²) in [5, 5.41) is 22.0. The van der Waals surface area contributed by atoms with Gasteiger partial charge in [0.2, 0.25) is 23.1 Å². The number of hydrogen-bond donors (Lipinski definition) is 2. The van der Waals surface area contributed by atoms with E-state index >= 15 is 0 Å². The third-order valence-corrected chi connectivity index (χ3v) is 5.49. The Kier molecular flexibility index (Phi) is 4.73. The van der Waals surface area contributed by atoms with Gasteiger partial charge in [0.25, 0.3) is 0 Å². The lowest BCUT2D eigenvalue weighted by atomic mass is 9.78. The van der Waals surface area contributed by atoms with E-state index < -0.39 is 45.8 Å². The first kappa shape index (κ1) is 21.0. The second-order valence-electron chi connectivity index (χ2n) is 7.54. The Morgan fingerprint density at radius 2 is 0.938 bits per heavy atom. The first-order chi connectivity index (χ1) is 15.1. The largest absolute Gasteiger partial charge is 0.506 e. The molecular formula is C24H18O8. The SMILES string of the molecule is COc1cc(C)cc2c1C(O)=C(C1=C(O)c3c(OC)cc(C)cc3C(=O)C1=O)C(=O)C2=O. The van der Waals surface area contributed by atoms with Crippen molar-refractivity contribution in [2.24, 2.45) is 0 Å². The van der Waals surface area contributed by atoms with E-state index in [2.05, 4.69) is 0 Å². The molecule has 4 rings (SSSR count). The van der Waals surface area contributed by atoms with Crippen LogP contribution in [0.15, 0.2) is 35.4 Å². The van der Waals surface area contributed by atoms with Gasteiger partial charge < -0.3 is 19.7 Å². The number of aliphatic hydroxyl groups is 2. The lowest BCUT2D eigenvalue weighted by molar-refractivity contribution is -0.114. The van der Waals surface area contributed by atoms with Crippen LogP contribution < -0.4 is 9.47 Å². The number of carbonyl (C=O) groups excluding carboxylic acids is 4. The number of carbonyl (C=O) groups is 4. The van der Waals surface area contributed by atoms with Crippen molar-refractivity contribution < 1.29 is 38.9 Å². The van der Waals surface area contributed by atoms with E-state index in [-0.39, 0.29) is 33.8 Å². The monoisotopic (exact) mass is 434 g/mol. The molecule has 2 aliphatic rings. The second-order valence-corrected chi connectivity index (χ2v) is 7.54. The number of allylic oxidation sites excluding steroid dienone is 2. The molecule has 0 saturated carbocycles. The van der Waals surface area contributed by atoms with Gasteiger partial charge >= 0.3 is 0 Å². The van der Waals surface area contributed by atoms with Crippen molar-refractivity contribution in [1.82, 2.24) is 0 Å². The molecule has 0 heterocycles. The highest BCUT2D eigenvalue weighted by Crippen LogP contribution is 2.43. The third kappa shape index (κ3) is 2.76. The molecule has 0 unspecified atom stereocenters. The Morgan fingerprint density at radius 1 is 0.594 bits per heavy atom. The fourth-order valence-corrected chi connectivity index (χ4v) is 4.08. The maximum absolute atomic E-state index is 13.0. The minimum absolute atomic E-state index is 0.0964. The molecule has 0 fully saturated rings. The molecule has 0 aromatic heterocycles. The summed E-state index contributed by atoms with van der Waals surface area (Å²) in [6, 6.07) is 5.90. The number of ketones is 4. The Balaban J connectivity index is 2.11. The Labute approximate surface area is 182 Å². The fraction of sp³-hybridized carbons (Fsp3) is 0.167. The van der Waals surface area contributed by atoms with Gasteiger partial charge in [0.05, 0.1) is 36.5 Å². The Bertz CT molecular complexity index is 1240. The third-order valence-electron chi connectivity index (χ3n) is 5.49. The van der Waals surface area contributed by atoms with Crippen LogP contribution >= 0.6 is 0 Å². The number of methoxy groups -OCH3 is 2. The number of ether oxygens (including phenoxy) is 2. The molecule has 0 radical (unpaired) electrons. The minimum Gasteiger partial charge on any atom is -0.506 e. The lowest BCUT2D eigenvalue weighted by Gasteiger charge is -2.25. The van der Waals surface area contributed by atoms with E-state index in [1.807, 2.05) is 0 Å². The number of aryl methyl sites for hydroxylation is 2. The molecule has 2 aromatic carbocycles. The maximum atomic E-state index is 13.0. The van der Waals surface area contributed by atoms with Crippen LogP contribution in [0.5, 0.6) is 11.5 Å². The van der Waals surface area contributed by atoms with Crippen LogP contribution in [0.2, 0.25) is 0 Å². The molecule has 162 valence electrons. The van der Waals surface area contributed by atoms with Crippen molar-refractivity contribution in [3.05, 3.63) is 68.8 Å². The summed E-state index contributed by atoms with van der Waals surface area (Å²) in [4.78, 5) is 51.7. The van der Waals surface area contributed by atoms with E-state index in [9.17, 15) is 29.4 Å². The maximum Gasteiger partial charge on any atom is 0.238 e. The van der Waals surface area contributed by atoms with Crippen molar-refractivity contribution in [1.29, 1.82) is 0 Å². The zero-order chi connectivity index (χ0) is 23.5. The van der Waals surface area contributed by atoms with Gasteiger partial charge in [0.1, 0.15) is 23.0 Å². The average molecular weight is 434 g/mol. The molecule has 8 nitrogen and oxygen atoms in total. The highest BCUT2D eigenvalue weighted by Gasteiger charge is 2.44. The molecule has 2 aliphatic carbocycles. The van der Waals surface area contributed by atoms with Gasteiger partial charge in [-0.1, -0.05) is 0 Å². The highest BCUT2D eigenvalue weighted by molar-refractivity contribution is 6.60. The van der Waals surface area contributed by atoms with Gasteiger partial charge in [-0.25, -0.2) is 0 Å². The standard InChI is InChI=1S/C24H18O8/c1-9-5-11-15(13(7-9)31-3)21(27)17(23(29)19(11)25)18-22(28)16-12(20(26)24(18)30)6-10(2)8-14(16)32-4/h5-8,27-28H,1-4H3. The number of fused-ring (bicyclic) bond motifs is 2. The van der Waals surface area contributed by atoms with Crippen molar-refractivity contribution in [2.75, 3.05) is 14.2 Å². The predicted octanol–water partition coefficient (Wildman–Crippen LogP) is 3.09. The van der Waals surface area contributed by atoms with Crippen molar-refractivity contribution in [2.45, 2.75) is 13.8 Å². The van der Waals surface area contributed by atoms with Gasteiger partial charge in [-0.05, 0) is 49.2 Å². The van der Waals surface area contributed by atoms with Gasteiger partial charge in [-0.2, -0.15) is 0 Å². The summed E-state index contributed by atoms with van der Waals surface area (Å²) in [7, 11) is 2.64. The van der Waals surface area contributed by atoms with Crippen LogP contribution in [0.4, 0.5) is 0 Å². The highest BCUT2D eigenvalue weighted by atomic mass is 16.5. The number of aliphatic hydroxyl groups excluding tert-OH is 2. The average Bonchev–Trinajstić information content (AvgIpc) is 2.76. The molecule has 32 heavy (non-hydrogen) atoms. The number of Topliss-reactive ketones (excluding diaryl/α,β-unsaturated/α-hetero) is 4. The van der Waals surface area contributed by atoms with Crippen LogP contribution in [0, 0.1) is 13.8 Å². The summed E-state index contributed by atoms with van der Waals surface area (Å²) in [5.41, 5.74) is -0.689. The minimum atomic E-state index is -1.22. The summed E-state index contributed by atoms with van der Waals surface area (Å²) in [5.74, 6) is -5.73. The van der Waals surface area contributed by atoms with Gasteiger partial charge in [0.15, 0.2) is 0 Å². The van der Waals surface area contributed by atoms with E-state index in [4.69, 9.17) is 9.47 Å². The van der Waals surface area contributed by atoms with Crippen molar-refractivity contribution in [3.8, 4) is 11.5 Å². The molecule has 0 saturated heterocycles. The molecule has 2 aromatic rings. The smallest absolute Gasteiger partial charge is 0.238 e. The molecule has 0 aliphatic heterocycles. The summed E-state index contributed by atoms with van der Waals surface area (Å²) in [6.07, 6.45) is 0. The fourth-order valence-electron chi connectivity index (χ4n) is 4.08. The molecule has 0 atom stereocenters. The first-order valence-corrected chi connectivity index (χ1v) is 9.55. The molecule has 8 heteroatoms. The quantitative estimate of drug-likeness (QED) is 0.706. The van der Waals surface area contributed by atoms with Crippen LogP contribution in [-0.4, -0.2) is 47.6 Å². The van der Waals surface area contributed by atoms with E-state index in [1.165, 1.54) is 26.4 Å². The number of hydrogen-bond acceptors (Lipinski definition) is 8. The number of benzene rings is 2. The van der Waals surface area contributed by atoms with Crippen LogP contribution in [0.1, 0.15) is 43.0 Å². The van der Waals surface area contributed by atoms with E-state index in [0.29, 0.717) is 11.1 Å². The van der Waals surface area contributed by atoms with E-state index in [1.54, 1.807) is 26.0 Å². The van der Waals surface area contributed by atoms with E-state index in [0.717, 1.165) is 0 Å². The second kappa shape index (κ2) is 7.19. The predicted molar refractivity (Wildman–Crippen MR) is 113 cm³/mol. The first-order valence-electron chi connectivity index (χ1n) is 9.55. The van der Waals surface area contributed by atoms with Crippen LogP contribution in [0.25, 0.3) is 11.5 Å². The van der Waals surface area contributed by atoms with Crippen LogP contribution in [-0.2, 0) is 9.59 Å². The van der Waals surface area contributed by atoms with Crippen LogP contribution in [0.3, 0.4) is 0 Å². The lowest BCUT2D eigenvalue weighted by Crippen LogP contribution is -2.32. The summed E-state index contributed by atoms with van der Waals surface area (Å²) in [6.45, 7) is 3.36. The van der Waals surface area contributed by atoms with Gasteiger partial charge in [0, 0.05) is 11.1 Å². The van der Waals surface area contributed by atoms with Crippen molar-refractivity contribution in [3.63, 3.8) is 0 Å². The number of rotatable bonds is 3. The summed E-state index contributed by atoms with van der Waals surface area (Å²) < 4.78 is 10.5. The van der Waals surface area contributed by atoms with Gasteiger partial charge in [-0.15, -0.1) is 0 Å². The Hall–Kier alpha value is -4.20. The summed E-state index contributed by atoms with van der Waals surface area (Å²) >= 11 is 0. The topological polar surface area (TPSA) is 127 Å². The Morgan fingerprint density at radius 3 is 1.25 bits per heavy atom. The molecular weight excluding hydrogens is 416 g/mol. The molecule has 0 spiro atoms. The normalized spacial score (nSPS) is 15.8. The molecule has 2 N–H and O–H groups in total. The zero-order valence-corrected chi connectivity index (χ0v) is 17.7. The van der Waals surface area contributed by atoms with Gasteiger partial charge in [-0.3, -0.25) is 19.2 Å². The zero-order valence-electron chi connectivity index (χ0n) is 17.7.